The van der Waals surface area contributed by atoms with Crippen molar-refractivity contribution in [2.75, 3.05) is 11.4 Å². The number of halogens is 1. The molecule has 0 fully saturated rings. The van der Waals surface area contributed by atoms with Crippen molar-refractivity contribution in [3.05, 3.63) is 28.2 Å². The van der Waals surface area contributed by atoms with Crippen LogP contribution in [-0.4, -0.2) is 29.4 Å². The van der Waals surface area contributed by atoms with Crippen LogP contribution in [0.1, 0.15) is 23.7 Å². The van der Waals surface area contributed by atoms with Gasteiger partial charge in [0.1, 0.15) is 0 Å². The van der Waals surface area contributed by atoms with Crippen LogP contribution in [0.3, 0.4) is 0 Å². The normalized spacial score (nSPS) is 16.3. The SMILES string of the molecule is CC(O)CCN1C(=O)C(=O)c2cc(Br)ccc21. The van der Waals surface area contributed by atoms with E-state index < -0.39 is 17.8 Å². The Hall–Kier alpha value is -1.20. The highest BCUT2D eigenvalue weighted by Gasteiger charge is 2.35. The number of anilines is 1. The minimum absolute atomic E-state index is 0.358. The fourth-order valence-electron chi connectivity index (χ4n) is 1.81. The summed E-state index contributed by atoms with van der Waals surface area (Å²) in [6, 6.07) is 5.18. The number of ketones is 1. The number of Topliss-reactive ketones (excluding diaryl/α,β-unsaturated/α-hetero) is 1. The molecule has 1 aliphatic rings. The van der Waals surface area contributed by atoms with E-state index in [9.17, 15) is 14.7 Å². The zero-order valence-corrected chi connectivity index (χ0v) is 10.9. The number of hydrogen-bond donors (Lipinski definition) is 1. The van der Waals surface area contributed by atoms with Gasteiger partial charge in [0.25, 0.3) is 11.7 Å². The molecular formula is C12H12BrNO3. The molecule has 1 atom stereocenters. The molecule has 0 aromatic heterocycles. The van der Waals surface area contributed by atoms with Gasteiger partial charge in [-0.05, 0) is 31.5 Å². The summed E-state index contributed by atoms with van der Waals surface area (Å²) < 4.78 is 0.773. The van der Waals surface area contributed by atoms with Crippen molar-refractivity contribution in [2.45, 2.75) is 19.4 Å². The maximum atomic E-state index is 11.8. The molecule has 1 aliphatic heterocycles. The highest BCUT2D eigenvalue weighted by molar-refractivity contribution is 9.10. The van der Waals surface area contributed by atoms with E-state index in [0.29, 0.717) is 24.2 Å². The second kappa shape index (κ2) is 4.58. The van der Waals surface area contributed by atoms with E-state index in [0.717, 1.165) is 4.47 Å². The Morgan fingerprint density at radius 1 is 1.41 bits per heavy atom. The van der Waals surface area contributed by atoms with Gasteiger partial charge in [0.2, 0.25) is 0 Å². The lowest BCUT2D eigenvalue weighted by Gasteiger charge is -2.17. The minimum Gasteiger partial charge on any atom is -0.393 e. The molecule has 0 spiro atoms. The summed E-state index contributed by atoms with van der Waals surface area (Å²) in [7, 11) is 0. The fourth-order valence-corrected chi connectivity index (χ4v) is 2.17. The van der Waals surface area contributed by atoms with Crippen molar-refractivity contribution >= 4 is 33.3 Å². The molecule has 1 amide bonds. The average Bonchev–Trinajstić information content (AvgIpc) is 2.50. The molecule has 1 N–H and O–H groups in total. The van der Waals surface area contributed by atoms with Crippen LogP contribution in [0.25, 0.3) is 0 Å². The monoisotopic (exact) mass is 297 g/mol. The number of hydrogen-bond acceptors (Lipinski definition) is 3. The number of aliphatic hydroxyl groups excluding tert-OH is 1. The second-order valence-corrected chi connectivity index (χ2v) is 5.00. The lowest BCUT2D eigenvalue weighted by atomic mass is 10.1. The summed E-state index contributed by atoms with van der Waals surface area (Å²) >= 11 is 3.27. The first-order chi connectivity index (χ1) is 8.00. The molecule has 0 bridgehead atoms. The lowest BCUT2D eigenvalue weighted by Crippen LogP contribution is -2.32. The molecule has 1 aromatic carbocycles. The number of carbonyl (C=O) groups is 2. The largest absolute Gasteiger partial charge is 0.393 e. The van der Waals surface area contributed by atoms with E-state index in [-0.39, 0.29) is 0 Å². The summed E-state index contributed by atoms with van der Waals surface area (Å²) in [6.45, 7) is 2.02. The van der Waals surface area contributed by atoms with Gasteiger partial charge in [-0.3, -0.25) is 9.59 Å². The van der Waals surface area contributed by atoms with Gasteiger partial charge < -0.3 is 10.0 Å². The second-order valence-electron chi connectivity index (χ2n) is 4.09. The third kappa shape index (κ3) is 2.25. The Morgan fingerprint density at radius 3 is 2.76 bits per heavy atom. The topological polar surface area (TPSA) is 57.6 Å². The Labute approximate surface area is 107 Å². The van der Waals surface area contributed by atoms with Crippen LogP contribution < -0.4 is 4.90 Å². The predicted octanol–water partition coefficient (Wildman–Crippen LogP) is 1.75. The number of fused-ring (bicyclic) bond motifs is 1. The molecule has 90 valence electrons. The first kappa shape index (κ1) is 12.3. The number of nitrogens with zero attached hydrogens (tertiary/aromatic N) is 1. The Bertz CT molecular complexity index is 485. The number of rotatable bonds is 3. The maximum Gasteiger partial charge on any atom is 0.299 e. The first-order valence-corrected chi connectivity index (χ1v) is 6.14. The van der Waals surface area contributed by atoms with Gasteiger partial charge in [0.15, 0.2) is 0 Å². The van der Waals surface area contributed by atoms with Crippen molar-refractivity contribution in [2.24, 2.45) is 0 Å². The maximum absolute atomic E-state index is 11.8. The van der Waals surface area contributed by atoms with Gasteiger partial charge in [-0.1, -0.05) is 15.9 Å². The van der Waals surface area contributed by atoms with E-state index in [2.05, 4.69) is 15.9 Å². The van der Waals surface area contributed by atoms with E-state index in [1.165, 1.54) is 4.90 Å². The van der Waals surface area contributed by atoms with E-state index in [1.54, 1.807) is 25.1 Å². The summed E-state index contributed by atoms with van der Waals surface area (Å²) in [5, 5.41) is 9.23. The minimum atomic E-state index is -0.515. The van der Waals surface area contributed by atoms with E-state index in [4.69, 9.17) is 0 Å². The van der Waals surface area contributed by atoms with Crippen LogP contribution >= 0.6 is 15.9 Å². The fraction of sp³-hybridized carbons (Fsp3) is 0.333. The van der Waals surface area contributed by atoms with Crippen LogP contribution in [0.15, 0.2) is 22.7 Å². The zero-order valence-electron chi connectivity index (χ0n) is 9.31. The highest BCUT2D eigenvalue weighted by atomic mass is 79.9. The third-order valence-corrected chi connectivity index (χ3v) is 3.20. The Morgan fingerprint density at radius 2 is 2.12 bits per heavy atom. The first-order valence-electron chi connectivity index (χ1n) is 5.34. The van der Waals surface area contributed by atoms with Crippen molar-refractivity contribution < 1.29 is 14.7 Å². The average molecular weight is 298 g/mol. The van der Waals surface area contributed by atoms with Gasteiger partial charge in [-0.2, -0.15) is 0 Å². The van der Waals surface area contributed by atoms with Crippen LogP contribution in [0.5, 0.6) is 0 Å². The molecule has 1 aromatic rings. The van der Waals surface area contributed by atoms with Crippen molar-refractivity contribution in [1.29, 1.82) is 0 Å². The Kier molecular flexibility index (Phi) is 3.31. The smallest absolute Gasteiger partial charge is 0.299 e. The number of carbonyl (C=O) groups excluding carboxylic acids is 2. The summed E-state index contributed by atoms with van der Waals surface area (Å²) in [5.41, 5.74) is 1.05. The zero-order chi connectivity index (χ0) is 12.6. The summed E-state index contributed by atoms with van der Waals surface area (Å²) in [6.07, 6.45) is -0.0356. The molecule has 1 heterocycles. The lowest BCUT2D eigenvalue weighted by molar-refractivity contribution is -0.114. The Balaban J connectivity index is 2.31. The van der Waals surface area contributed by atoms with Crippen LogP contribution in [0.4, 0.5) is 5.69 Å². The number of benzene rings is 1. The van der Waals surface area contributed by atoms with Crippen LogP contribution in [0.2, 0.25) is 0 Å². The molecule has 1 unspecified atom stereocenters. The molecule has 17 heavy (non-hydrogen) atoms. The summed E-state index contributed by atoms with van der Waals surface area (Å²) in [4.78, 5) is 24.9. The molecule has 0 radical (unpaired) electrons. The van der Waals surface area contributed by atoms with Gasteiger partial charge >= 0.3 is 0 Å². The molecule has 2 rings (SSSR count). The highest BCUT2D eigenvalue weighted by Crippen LogP contribution is 2.31. The molecular weight excluding hydrogens is 286 g/mol. The summed E-state index contributed by atoms with van der Waals surface area (Å²) in [5.74, 6) is -0.995. The predicted molar refractivity (Wildman–Crippen MR) is 67.1 cm³/mol. The van der Waals surface area contributed by atoms with Crippen molar-refractivity contribution in [3.63, 3.8) is 0 Å². The molecule has 0 saturated carbocycles. The molecule has 0 saturated heterocycles. The molecule has 0 aliphatic carbocycles. The molecule has 4 nitrogen and oxygen atoms in total. The van der Waals surface area contributed by atoms with Crippen molar-refractivity contribution in [3.8, 4) is 0 Å². The van der Waals surface area contributed by atoms with Gasteiger partial charge in [-0.25, -0.2) is 0 Å². The van der Waals surface area contributed by atoms with Crippen LogP contribution in [-0.2, 0) is 4.79 Å². The van der Waals surface area contributed by atoms with Crippen LogP contribution in [0, 0.1) is 0 Å². The van der Waals surface area contributed by atoms with Gasteiger partial charge in [0.05, 0.1) is 17.4 Å². The number of amides is 1. The van der Waals surface area contributed by atoms with Gasteiger partial charge in [0, 0.05) is 11.0 Å². The van der Waals surface area contributed by atoms with E-state index >= 15 is 0 Å². The standard InChI is InChI=1S/C12H12BrNO3/c1-7(15)4-5-14-10-3-2-8(13)6-9(10)11(16)12(14)17/h2-3,6-7,15H,4-5H2,1H3. The van der Waals surface area contributed by atoms with Crippen molar-refractivity contribution in [1.82, 2.24) is 0 Å². The third-order valence-electron chi connectivity index (χ3n) is 2.70. The quantitative estimate of drug-likeness (QED) is 0.865. The molecule has 5 heteroatoms. The van der Waals surface area contributed by atoms with E-state index in [1.807, 2.05) is 0 Å². The van der Waals surface area contributed by atoms with Gasteiger partial charge in [-0.15, -0.1) is 0 Å². The number of aliphatic hydroxyl groups is 1.